The second kappa shape index (κ2) is 10.8. The van der Waals surface area contributed by atoms with Gasteiger partial charge in [-0.05, 0) is 49.6 Å². The molecule has 1 atom stereocenters. The van der Waals surface area contributed by atoms with Gasteiger partial charge in [-0.2, -0.15) is 0 Å². The zero-order valence-electron chi connectivity index (χ0n) is 17.2. The zero-order valence-corrected chi connectivity index (χ0v) is 17.2. The fraction of sp³-hybridized carbons (Fsp3) is 0.435. The van der Waals surface area contributed by atoms with Crippen molar-refractivity contribution in [1.82, 2.24) is 10.6 Å². The molecule has 1 aliphatic heterocycles. The molecule has 1 saturated heterocycles. The minimum absolute atomic E-state index is 0.246. The highest BCUT2D eigenvalue weighted by Gasteiger charge is 2.17. The van der Waals surface area contributed by atoms with E-state index in [0.717, 1.165) is 48.6 Å². The van der Waals surface area contributed by atoms with Crippen LogP contribution in [0.1, 0.15) is 30.0 Å². The Hall–Kier alpha value is -2.60. The van der Waals surface area contributed by atoms with E-state index in [4.69, 9.17) is 9.47 Å². The molecule has 0 saturated carbocycles. The van der Waals surface area contributed by atoms with Crippen molar-refractivity contribution < 1.29 is 13.9 Å². The van der Waals surface area contributed by atoms with E-state index >= 15 is 0 Å². The second-order valence-corrected chi connectivity index (χ2v) is 7.33. The van der Waals surface area contributed by atoms with Gasteiger partial charge in [-0.15, -0.1) is 0 Å². The molecule has 1 unspecified atom stereocenters. The lowest BCUT2D eigenvalue weighted by atomic mass is 10.1. The summed E-state index contributed by atoms with van der Waals surface area (Å²) in [6.07, 6.45) is 1.05. The van der Waals surface area contributed by atoms with E-state index in [1.165, 1.54) is 12.1 Å². The van der Waals surface area contributed by atoms with Gasteiger partial charge in [0, 0.05) is 31.2 Å². The van der Waals surface area contributed by atoms with Crippen LogP contribution in [0.5, 0.6) is 5.75 Å². The summed E-state index contributed by atoms with van der Waals surface area (Å²) in [7, 11) is 0. The van der Waals surface area contributed by atoms with E-state index < -0.39 is 0 Å². The van der Waals surface area contributed by atoms with Crippen molar-refractivity contribution in [2.75, 3.05) is 26.4 Å². The average Bonchev–Trinajstić information content (AvgIpc) is 3.23. The summed E-state index contributed by atoms with van der Waals surface area (Å²) >= 11 is 0. The van der Waals surface area contributed by atoms with Crippen LogP contribution < -0.4 is 15.4 Å². The summed E-state index contributed by atoms with van der Waals surface area (Å²) in [4.78, 5) is 4.57. The SMILES string of the molecule is CCNC(=NCc1cccc(F)c1)NCc1ccc(C)cc1OCC1CCOC1. The molecular formula is C23H30FN3O2. The Bertz CT molecular complexity index is 820. The normalized spacial score (nSPS) is 16.7. The Kier molecular flexibility index (Phi) is 7.87. The minimum Gasteiger partial charge on any atom is -0.493 e. The average molecular weight is 400 g/mol. The molecule has 5 nitrogen and oxygen atoms in total. The van der Waals surface area contributed by atoms with E-state index in [2.05, 4.69) is 40.7 Å². The lowest BCUT2D eigenvalue weighted by molar-refractivity contribution is 0.166. The third-order valence-corrected chi connectivity index (χ3v) is 4.82. The highest BCUT2D eigenvalue weighted by Crippen LogP contribution is 2.22. The number of benzene rings is 2. The number of nitrogens with one attached hydrogen (secondary N) is 2. The number of nitrogens with zero attached hydrogens (tertiary/aromatic N) is 1. The zero-order chi connectivity index (χ0) is 20.5. The van der Waals surface area contributed by atoms with Crippen LogP contribution in [-0.4, -0.2) is 32.3 Å². The first kappa shape index (κ1) is 21.1. The largest absolute Gasteiger partial charge is 0.493 e. The first-order valence-electron chi connectivity index (χ1n) is 10.2. The summed E-state index contributed by atoms with van der Waals surface area (Å²) in [6.45, 7) is 8.09. The third kappa shape index (κ3) is 6.75. The van der Waals surface area contributed by atoms with Gasteiger partial charge in [0.2, 0.25) is 0 Å². The molecule has 0 spiro atoms. The minimum atomic E-state index is -0.246. The van der Waals surface area contributed by atoms with Crippen LogP contribution in [0.15, 0.2) is 47.5 Å². The molecular weight excluding hydrogens is 369 g/mol. The molecule has 29 heavy (non-hydrogen) atoms. The van der Waals surface area contributed by atoms with Crippen LogP contribution in [0.2, 0.25) is 0 Å². The molecule has 2 aromatic carbocycles. The number of hydrogen-bond acceptors (Lipinski definition) is 3. The maximum Gasteiger partial charge on any atom is 0.191 e. The van der Waals surface area contributed by atoms with Gasteiger partial charge >= 0.3 is 0 Å². The maximum atomic E-state index is 13.4. The predicted octanol–water partition coefficient (Wildman–Crippen LogP) is 3.80. The molecule has 0 amide bonds. The van der Waals surface area contributed by atoms with E-state index in [0.29, 0.717) is 31.6 Å². The maximum absolute atomic E-state index is 13.4. The molecule has 3 rings (SSSR count). The van der Waals surface area contributed by atoms with Gasteiger partial charge in [0.1, 0.15) is 11.6 Å². The van der Waals surface area contributed by atoms with Gasteiger partial charge in [0.15, 0.2) is 5.96 Å². The molecule has 0 aromatic heterocycles. The monoisotopic (exact) mass is 399 g/mol. The summed E-state index contributed by atoms with van der Waals surface area (Å²) < 4.78 is 24.9. The van der Waals surface area contributed by atoms with E-state index in [1.54, 1.807) is 6.07 Å². The fourth-order valence-electron chi connectivity index (χ4n) is 3.19. The molecule has 0 bridgehead atoms. The molecule has 2 N–H and O–H groups in total. The quantitative estimate of drug-likeness (QED) is 0.524. The molecule has 1 heterocycles. The Morgan fingerprint density at radius 2 is 2.14 bits per heavy atom. The Morgan fingerprint density at radius 3 is 2.90 bits per heavy atom. The van der Waals surface area contributed by atoms with Gasteiger partial charge in [-0.3, -0.25) is 0 Å². The Morgan fingerprint density at radius 1 is 1.24 bits per heavy atom. The van der Waals surface area contributed by atoms with Gasteiger partial charge < -0.3 is 20.1 Å². The first-order chi connectivity index (χ1) is 14.1. The van der Waals surface area contributed by atoms with Gasteiger partial charge in [0.25, 0.3) is 0 Å². The first-order valence-corrected chi connectivity index (χ1v) is 10.2. The molecule has 0 aliphatic carbocycles. The van der Waals surface area contributed by atoms with Crippen molar-refractivity contribution in [1.29, 1.82) is 0 Å². The van der Waals surface area contributed by atoms with Crippen LogP contribution in [0, 0.1) is 18.7 Å². The highest BCUT2D eigenvalue weighted by atomic mass is 19.1. The molecule has 0 radical (unpaired) electrons. The topological polar surface area (TPSA) is 54.9 Å². The number of guanidine groups is 1. The molecule has 6 heteroatoms. The van der Waals surface area contributed by atoms with Crippen LogP contribution in [-0.2, 0) is 17.8 Å². The molecule has 156 valence electrons. The number of ether oxygens (including phenoxy) is 2. The lowest BCUT2D eigenvalue weighted by Crippen LogP contribution is -2.36. The van der Waals surface area contributed by atoms with Crippen molar-refractivity contribution >= 4 is 5.96 Å². The smallest absolute Gasteiger partial charge is 0.191 e. The van der Waals surface area contributed by atoms with Crippen LogP contribution in [0.3, 0.4) is 0 Å². The Labute approximate surface area is 172 Å². The molecule has 1 fully saturated rings. The molecule has 2 aromatic rings. The van der Waals surface area contributed by atoms with E-state index in [1.807, 2.05) is 13.0 Å². The van der Waals surface area contributed by atoms with Crippen molar-refractivity contribution in [3.63, 3.8) is 0 Å². The number of aliphatic imine (C=N–C) groups is 1. The number of hydrogen-bond donors (Lipinski definition) is 2. The van der Waals surface area contributed by atoms with E-state index in [9.17, 15) is 4.39 Å². The van der Waals surface area contributed by atoms with Gasteiger partial charge in [-0.1, -0.05) is 24.3 Å². The van der Waals surface area contributed by atoms with Crippen LogP contribution in [0.4, 0.5) is 4.39 Å². The van der Waals surface area contributed by atoms with Crippen LogP contribution >= 0.6 is 0 Å². The summed E-state index contributed by atoms with van der Waals surface area (Å²) in [5, 5.41) is 6.58. The van der Waals surface area contributed by atoms with Crippen molar-refractivity contribution in [2.24, 2.45) is 10.9 Å². The van der Waals surface area contributed by atoms with Crippen molar-refractivity contribution in [2.45, 2.75) is 33.4 Å². The fourth-order valence-corrected chi connectivity index (χ4v) is 3.19. The molecule has 1 aliphatic rings. The van der Waals surface area contributed by atoms with Crippen molar-refractivity contribution in [3.8, 4) is 5.75 Å². The predicted molar refractivity (Wildman–Crippen MR) is 114 cm³/mol. The van der Waals surface area contributed by atoms with Crippen molar-refractivity contribution in [3.05, 3.63) is 65.0 Å². The standard InChI is InChI=1S/C23H30FN3O2/c1-3-25-23(26-13-18-5-4-6-21(24)12-18)27-14-20-8-7-17(2)11-22(20)29-16-19-9-10-28-15-19/h4-8,11-12,19H,3,9-10,13-16H2,1-2H3,(H2,25,26,27). The second-order valence-electron chi connectivity index (χ2n) is 7.33. The number of halogens is 1. The summed E-state index contributed by atoms with van der Waals surface area (Å²) in [5.74, 6) is 1.80. The Balaban J connectivity index is 1.62. The van der Waals surface area contributed by atoms with Crippen LogP contribution in [0.25, 0.3) is 0 Å². The lowest BCUT2D eigenvalue weighted by Gasteiger charge is -2.17. The number of rotatable bonds is 8. The summed E-state index contributed by atoms with van der Waals surface area (Å²) in [6, 6.07) is 12.8. The third-order valence-electron chi connectivity index (χ3n) is 4.82. The van der Waals surface area contributed by atoms with E-state index in [-0.39, 0.29) is 5.82 Å². The highest BCUT2D eigenvalue weighted by molar-refractivity contribution is 5.79. The van der Waals surface area contributed by atoms with Gasteiger partial charge in [0.05, 0.1) is 19.8 Å². The number of aryl methyl sites for hydroxylation is 1. The van der Waals surface area contributed by atoms with Gasteiger partial charge in [-0.25, -0.2) is 9.38 Å². The summed E-state index contributed by atoms with van der Waals surface area (Å²) in [5.41, 5.74) is 3.07.